The fraction of sp³-hybridized carbons (Fsp3) is 0.375. The fourth-order valence-electron chi connectivity index (χ4n) is 3.58. The van der Waals surface area contributed by atoms with Crippen LogP contribution in [0, 0.1) is 11.7 Å². The van der Waals surface area contributed by atoms with Crippen molar-refractivity contribution < 1.29 is 18.8 Å². The number of likely N-dealkylation sites (tertiary alicyclic amines) is 1. The summed E-state index contributed by atoms with van der Waals surface area (Å²) in [4.78, 5) is 39.3. The molecule has 0 unspecified atom stereocenters. The van der Waals surface area contributed by atoms with Gasteiger partial charge >= 0.3 is 0 Å². The molecule has 0 saturated carbocycles. The topological polar surface area (TPSA) is 78.5 Å². The number of anilines is 1. The molecule has 6 nitrogen and oxygen atoms in total. The summed E-state index contributed by atoms with van der Waals surface area (Å²) >= 11 is 0. The minimum absolute atomic E-state index is 0.0761. The number of nitrogens with zero attached hydrogens (tertiary/aromatic N) is 1. The van der Waals surface area contributed by atoms with Crippen molar-refractivity contribution >= 4 is 23.4 Å². The number of hydrogen-bond acceptors (Lipinski definition) is 3. The highest BCUT2D eigenvalue weighted by Crippen LogP contribution is 2.22. The molecule has 3 amide bonds. The van der Waals surface area contributed by atoms with Crippen molar-refractivity contribution in [3.05, 3.63) is 65.5 Å². The van der Waals surface area contributed by atoms with E-state index in [1.807, 2.05) is 6.92 Å². The van der Waals surface area contributed by atoms with Crippen LogP contribution >= 0.6 is 0 Å². The predicted molar refractivity (Wildman–Crippen MR) is 117 cm³/mol. The van der Waals surface area contributed by atoms with Gasteiger partial charge in [-0.1, -0.05) is 37.6 Å². The molecule has 1 aliphatic heterocycles. The van der Waals surface area contributed by atoms with Gasteiger partial charge in [0.25, 0.3) is 5.91 Å². The number of unbranched alkanes of at least 4 members (excludes halogenated alkanes) is 1. The first-order valence-electron chi connectivity index (χ1n) is 10.7. The second-order valence-corrected chi connectivity index (χ2v) is 7.76. The maximum Gasteiger partial charge on any atom is 0.253 e. The van der Waals surface area contributed by atoms with Crippen molar-refractivity contribution in [1.29, 1.82) is 0 Å². The Kier molecular flexibility index (Phi) is 7.76. The summed E-state index contributed by atoms with van der Waals surface area (Å²) in [5.41, 5.74) is 1.79. The van der Waals surface area contributed by atoms with Crippen LogP contribution in [0.15, 0.2) is 48.5 Å². The van der Waals surface area contributed by atoms with E-state index in [0.717, 1.165) is 18.4 Å². The summed E-state index contributed by atoms with van der Waals surface area (Å²) in [6, 6.07) is 13.1. The predicted octanol–water partition coefficient (Wildman–Crippen LogP) is 3.39. The van der Waals surface area contributed by atoms with Crippen molar-refractivity contribution in [1.82, 2.24) is 10.2 Å². The van der Waals surface area contributed by atoms with Gasteiger partial charge < -0.3 is 15.5 Å². The van der Waals surface area contributed by atoms with Gasteiger partial charge in [-0.3, -0.25) is 14.4 Å². The molecule has 0 aliphatic carbocycles. The van der Waals surface area contributed by atoms with Gasteiger partial charge in [-0.15, -0.1) is 0 Å². The Morgan fingerprint density at radius 2 is 1.87 bits per heavy atom. The zero-order chi connectivity index (χ0) is 22.2. The quantitative estimate of drug-likeness (QED) is 0.605. The van der Waals surface area contributed by atoms with Crippen molar-refractivity contribution in [3.8, 4) is 0 Å². The molecule has 0 radical (unpaired) electrons. The monoisotopic (exact) mass is 425 g/mol. The Morgan fingerprint density at radius 1 is 1.13 bits per heavy atom. The van der Waals surface area contributed by atoms with E-state index in [1.54, 1.807) is 41.3 Å². The van der Waals surface area contributed by atoms with Crippen LogP contribution < -0.4 is 10.6 Å². The molecule has 2 N–H and O–H groups in total. The van der Waals surface area contributed by atoms with Gasteiger partial charge in [0.2, 0.25) is 11.8 Å². The lowest BCUT2D eigenvalue weighted by Gasteiger charge is -2.17. The number of hydrogen-bond donors (Lipinski definition) is 2. The lowest BCUT2D eigenvalue weighted by molar-refractivity contribution is -0.128. The summed E-state index contributed by atoms with van der Waals surface area (Å²) < 4.78 is 13.0. The smallest absolute Gasteiger partial charge is 0.253 e. The Bertz CT molecular complexity index is 930. The highest BCUT2D eigenvalue weighted by atomic mass is 19.1. The van der Waals surface area contributed by atoms with Crippen molar-refractivity contribution in [3.63, 3.8) is 0 Å². The number of para-hydroxylation sites is 1. The molecule has 7 heteroatoms. The first kappa shape index (κ1) is 22.5. The van der Waals surface area contributed by atoms with E-state index in [4.69, 9.17) is 0 Å². The number of carbonyl (C=O) groups excluding carboxylic acids is 3. The Hall–Kier alpha value is -3.22. The number of rotatable bonds is 9. The van der Waals surface area contributed by atoms with Crippen LogP contribution in [0.25, 0.3) is 0 Å². The van der Waals surface area contributed by atoms with E-state index < -0.39 is 5.92 Å². The maximum atomic E-state index is 13.0. The van der Waals surface area contributed by atoms with Crippen LogP contribution in [0.2, 0.25) is 0 Å². The van der Waals surface area contributed by atoms with E-state index >= 15 is 0 Å². The Balaban J connectivity index is 1.57. The summed E-state index contributed by atoms with van der Waals surface area (Å²) in [6.07, 6.45) is 2.60. The summed E-state index contributed by atoms with van der Waals surface area (Å²) in [6.45, 7) is 3.44. The molecule has 1 aliphatic rings. The van der Waals surface area contributed by atoms with Crippen LogP contribution in [0.1, 0.15) is 42.1 Å². The molecule has 1 saturated heterocycles. The van der Waals surface area contributed by atoms with Crippen molar-refractivity contribution in [2.45, 2.75) is 32.6 Å². The van der Waals surface area contributed by atoms with Crippen LogP contribution in [0.5, 0.6) is 0 Å². The maximum absolute atomic E-state index is 13.0. The molecule has 0 bridgehead atoms. The summed E-state index contributed by atoms with van der Waals surface area (Å²) in [5.74, 6) is -1.35. The normalized spacial score (nSPS) is 15.7. The largest absolute Gasteiger partial charge is 0.352 e. The van der Waals surface area contributed by atoms with Crippen molar-refractivity contribution in [2.75, 3.05) is 25.0 Å². The molecule has 2 aromatic rings. The van der Waals surface area contributed by atoms with Gasteiger partial charge in [0, 0.05) is 26.1 Å². The van der Waals surface area contributed by atoms with Crippen molar-refractivity contribution in [2.24, 2.45) is 5.92 Å². The molecule has 164 valence electrons. The minimum Gasteiger partial charge on any atom is -0.352 e. The highest BCUT2D eigenvalue weighted by molar-refractivity contribution is 6.05. The van der Waals surface area contributed by atoms with E-state index in [1.165, 1.54) is 12.1 Å². The SMILES string of the molecule is CCCCNC(=O)c1ccccc1NC(=O)[C@H]1CC(=O)N(CCc2ccc(F)cc2)C1. The summed E-state index contributed by atoms with van der Waals surface area (Å²) in [5, 5.41) is 5.68. The highest BCUT2D eigenvalue weighted by Gasteiger charge is 2.34. The molecule has 1 heterocycles. The molecule has 2 aromatic carbocycles. The average molecular weight is 426 g/mol. The third-order valence-corrected chi connectivity index (χ3v) is 5.41. The van der Waals surface area contributed by atoms with E-state index in [-0.39, 0.29) is 30.0 Å². The first-order valence-corrected chi connectivity index (χ1v) is 10.7. The molecular formula is C24H28FN3O3. The number of halogens is 1. The third-order valence-electron chi connectivity index (χ3n) is 5.41. The van der Waals surface area contributed by atoms with Gasteiger partial charge in [-0.25, -0.2) is 4.39 Å². The molecule has 0 spiro atoms. The zero-order valence-corrected chi connectivity index (χ0v) is 17.7. The second-order valence-electron chi connectivity index (χ2n) is 7.76. The van der Waals surface area contributed by atoms with Gasteiger partial charge in [0.1, 0.15) is 5.82 Å². The average Bonchev–Trinajstić information content (AvgIpc) is 3.14. The molecule has 31 heavy (non-hydrogen) atoms. The van der Waals surface area contributed by atoms with E-state index in [0.29, 0.717) is 37.3 Å². The molecule has 1 atom stereocenters. The second kappa shape index (κ2) is 10.7. The standard InChI is InChI=1S/C24H28FN3O3/c1-2-3-13-26-24(31)20-6-4-5-7-21(20)27-23(30)18-15-22(29)28(16-18)14-12-17-8-10-19(25)11-9-17/h4-11,18H,2-3,12-16H2,1H3,(H,26,31)(H,27,30)/t18-/m0/s1. The van der Waals surface area contributed by atoms with Gasteiger partial charge in [-0.2, -0.15) is 0 Å². The number of nitrogens with one attached hydrogen (secondary N) is 2. The number of carbonyl (C=O) groups is 3. The molecule has 1 fully saturated rings. The van der Waals surface area contributed by atoms with Crippen LogP contribution in [0.4, 0.5) is 10.1 Å². The first-order chi connectivity index (χ1) is 15.0. The lowest BCUT2D eigenvalue weighted by atomic mass is 10.1. The van der Waals surface area contributed by atoms with E-state index in [9.17, 15) is 18.8 Å². The van der Waals surface area contributed by atoms with Crippen LogP contribution in [-0.4, -0.2) is 42.3 Å². The third kappa shape index (κ3) is 6.13. The van der Waals surface area contributed by atoms with Gasteiger partial charge in [-0.05, 0) is 42.7 Å². The number of amides is 3. The Morgan fingerprint density at radius 3 is 2.61 bits per heavy atom. The lowest BCUT2D eigenvalue weighted by Crippen LogP contribution is -2.30. The Labute approximate surface area is 181 Å². The van der Waals surface area contributed by atoms with Gasteiger partial charge in [0.15, 0.2) is 0 Å². The van der Waals surface area contributed by atoms with Crippen LogP contribution in [0.3, 0.4) is 0 Å². The minimum atomic E-state index is -0.475. The van der Waals surface area contributed by atoms with Gasteiger partial charge in [0.05, 0.1) is 17.2 Å². The number of benzene rings is 2. The van der Waals surface area contributed by atoms with E-state index in [2.05, 4.69) is 10.6 Å². The zero-order valence-electron chi connectivity index (χ0n) is 17.7. The molecule has 0 aromatic heterocycles. The molecule has 3 rings (SSSR count). The summed E-state index contributed by atoms with van der Waals surface area (Å²) in [7, 11) is 0. The van der Waals surface area contributed by atoms with Crippen LogP contribution in [-0.2, 0) is 16.0 Å². The molecular weight excluding hydrogens is 397 g/mol. The fourth-order valence-corrected chi connectivity index (χ4v) is 3.58.